The summed E-state index contributed by atoms with van der Waals surface area (Å²) in [4.78, 5) is 28.4. The maximum absolute atomic E-state index is 12.4. The standard InChI is InChI=1S/C15H18N2O3/c18-14-8-12-11(17(14)9-10-3-4-10)5-6-16(12)15(19)13-2-1-7-20-13/h1-2,7,10-12H,3-6,8-9H2/t11-,12-/m0/s1. The summed E-state index contributed by atoms with van der Waals surface area (Å²) < 4.78 is 5.19. The van der Waals surface area contributed by atoms with Crippen LogP contribution in [0.4, 0.5) is 0 Å². The SMILES string of the molecule is O=C1C[C@H]2[C@H](CCN2C(=O)c2ccco2)N1CC1CC1. The van der Waals surface area contributed by atoms with Crippen LogP contribution in [-0.4, -0.2) is 46.8 Å². The lowest BCUT2D eigenvalue weighted by molar-refractivity contribution is -0.129. The van der Waals surface area contributed by atoms with Crippen LogP contribution in [0.1, 0.15) is 36.2 Å². The average molecular weight is 274 g/mol. The van der Waals surface area contributed by atoms with Crippen LogP contribution < -0.4 is 0 Å². The zero-order valence-corrected chi connectivity index (χ0v) is 11.3. The van der Waals surface area contributed by atoms with Crippen LogP contribution in [0.25, 0.3) is 0 Å². The van der Waals surface area contributed by atoms with Crippen LogP contribution in [0.2, 0.25) is 0 Å². The van der Waals surface area contributed by atoms with Gasteiger partial charge in [0.2, 0.25) is 5.91 Å². The number of furan rings is 1. The van der Waals surface area contributed by atoms with E-state index in [4.69, 9.17) is 4.42 Å². The first-order valence-electron chi connectivity index (χ1n) is 7.38. The van der Waals surface area contributed by atoms with E-state index in [-0.39, 0.29) is 23.9 Å². The summed E-state index contributed by atoms with van der Waals surface area (Å²) in [5.74, 6) is 1.21. The summed E-state index contributed by atoms with van der Waals surface area (Å²) in [6, 6.07) is 3.68. The molecule has 0 spiro atoms. The number of amides is 2. The number of carbonyl (C=O) groups excluding carboxylic acids is 2. The lowest BCUT2D eigenvalue weighted by atomic mass is 10.1. The molecule has 106 valence electrons. The lowest BCUT2D eigenvalue weighted by Crippen LogP contribution is -2.40. The largest absolute Gasteiger partial charge is 0.459 e. The van der Waals surface area contributed by atoms with Crippen molar-refractivity contribution in [1.29, 1.82) is 0 Å². The van der Waals surface area contributed by atoms with Gasteiger partial charge in [-0.3, -0.25) is 9.59 Å². The predicted molar refractivity (Wildman–Crippen MR) is 71.0 cm³/mol. The van der Waals surface area contributed by atoms with Crippen molar-refractivity contribution in [3.05, 3.63) is 24.2 Å². The Morgan fingerprint density at radius 3 is 2.85 bits per heavy atom. The van der Waals surface area contributed by atoms with Crippen LogP contribution >= 0.6 is 0 Å². The van der Waals surface area contributed by atoms with Crippen molar-refractivity contribution in [3.8, 4) is 0 Å². The van der Waals surface area contributed by atoms with E-state index in [1.165, 1.54) is 19.1 Å². The first kappa shape index (κ1) is 12.0. The zero-order valence-electron chi connectivity index (χ0n) is 11.3. The molecule has 5 heteroatoms. The van der Waals surface area contributed by atoms with Gasteiger partial charge in [0.15, 0.2) is 5.76 Å². The maximum Gasteiger partial charge on any atom is 0.289 e. The van der Waals surface area contributed by atoms with Gasteiger partial charge in [-0.15, -0.1) is 0 Å². The summed E-state index contributed by atoms with van der Waals surface area (Å²) in [6.45, 7) is 1.62. The number of carbonyl (C=O) groups is 2. The predicted octanol–water partition coefficient (Wildman–Crippen LogP) is 1.51. The molecule has 3 fully saturated rings. The van der Waals surface area contributed by atoms with Crippen LogP contribution in [-0.2, 0) is 4.79 Å². The Kier molecular flexibility index (Phi) is 2.62. The van der Waals surface area contributed by atoms with E-state index >= 15 is 0 Å². The van der Waals surface area contributed by atoms with Crippen LogP contribution in [0.15, 0.2) is 22.8 Å². The van der Waals surface area contributed by atoms with Gasteiger partial charge in [0.1, 0.15) is 0 Å². The molecule has 3 heterocycles. The number of hydrogen-bond donors (Lipinski definition) is 0. The highest BCUT2D eigenvalue weighted by atomic mass is 16.3. The number of rotatable bonds is 3. The van der Waals surface area contributed by atoms with E-state index in [1.807, 2.05) is 9.80 Å². The minimum absolute atomic E-state index is 0.0406. The summed E-state index contributed by atoms with van der Waals surface area (Å²) in [6.07, 6.45) is 5.38. The van der Waals surface area contributed by atoms with Gasteiger partial charge >= 0.3 is 0 Å². The van der Waals surface area contributed by atoms with Crippen molar-refractivity contribution >= 4 is 11.8 Å². The van der Waals surface area contributed by atoms with E-state index in [2.05, 4.69) is 0 Å². The van der Waals surface area contributed by atoms with Crippen LogP contribution in [0.5, 0.6) is 0 Å². The molecule has 1 saturated carbocycles. The molecule has 1 aromatic rings. The van der Waals surface area contributed by atoms with E-state index in [1.54, 1.807) is 12.1 Å². The Labute approximate surface area is 117 Å². The molecule has 1 aromatic heterocycles. The minimum atomic E-state index is -0.0800. The molecule has 2 amide bonds. The van der Waals surface area contributed by atoms with Crippen molar-refractivity contribution < 1.29 is 14.0 Å². The Balaban J connectivity index is 1.52. The van der Waals surface area contributed by atoms with Crippen LogP contribution in [0, 0.1) is 5.92 Å². The van der Waals surface area contributed by atoms with E-state index in [0.717, 1.165) is 19.5 Å². The summed E-state index contributed by atoms with van der Waals surface area (Å²) in [7, 11) is 0. The van der Waals surface area contributed by atoms with Crippen molar-refractivity contribution in [1.82, 2.24) is 9.80 Å². The molecule has 0 N–H and O–H groups in total. The van der Waals surface area contributed by atoms with Crippen LogP contribution in [0.3, 0.4) is 0 Å². The third-order valence-corrected chi connectivity index (χ3v) is 4.76. The van der Waals surface area contributed by atoms with Gasteiger partial charge in [-0.05, 0) is 37.3 Å². The molecule has 0 aromatic carbocycles. The fraction of sp³-hybridized carbons (Fsp3) is 0.600. The molecular formula is C15H18N2O3. The van der Waals surface area contributed by atoms with Gasteiger partial charge in [0.25, 0.3) is 5.91 Å². The number of nitrogens with zero attached hydrogens (tertiary/aromatic N) is 2. The molecule has 2 aliphatic heterocycles. The molecule has 20 heavy (non-hydrogen) atoms. The maximum atomic E-state index is 12.4. The van der Waals surface area contributed by atoms with Crippen molar-refractivity contribution in [2.75, 3.05) is 13.1 Å². The molecule has 1 aliphatic carbocycles. The summed E-state index contributed by atoms with van der Waals surface area (Å²) in [5.41, 5.74) is 0. The second kappa shape index (κ2) is 4.36. The highest BCUT2D eigenvalue weighted by Gasteiger charge is 2.49. The highest BCUT2D eigenvalue weighted by molar-refractivity contribution is 5.93. The average Bonchev–Trinajstić information content (AvgIpc) is 2.87. The third-order valence-electron chi connectivity index (χ3n) is 4.76. The number of hydrogen-bond acceptors (Lipinski definition) is 3. The summed E-state index contributed by atoms with van der Waals surface area (Å²) >= 11 is 0. The monoisotopic (exact) mass is 274 g/mol. The Hall–Kier alpha value is -1.78. The minimum Gasteiger partial charge on any atom is -0.459 e. The quantitative estimate of drug-likeness (QED) is 0.839. The Bertz CT molecular complexity index is 535. The van der Waals surface area contributed by atoms with Gasteiger partial charge < -0.3 is 14.2 Å². The van der Waals surface area contributed by atoms with Gasteiger partial charge in [-0.1, -0.05) is 0 Å². The van der Waals surface area contributed by atoms with E-state index in [9.17, 15) is 9.59 Å². The highest BCUT2D eigenvalue weighted by Crippen LogP contribution is 2.37. The van der Waals surface area contributed by atoms with E-state index < -0.39 is 0 Å². The molecule has 2 saturated heterocycles. The zero-order chi connectivity index (χ0) is 13.7. The van der Waals surface area contributed by atoms with Crippen molar-refractivity contribution in [2.45, 2.75) is 37.8 Å². The lowest BCUT2D eigenvalue weighted by Gasteiger charge is -2.25. The van der Waals surface area contributed by atoms with Gasteiger partial charge in [0.05, 0.1) is 18.3 Å². The van der Waals surface area contributed by atoms with Crippen molar-refractivity contribution in [3.63, 3.8) is 0 Å². The molecule has 0 bridgehead atoms. The van der Waals surface area contributed by atoms with Crippen molar-refractivity contribution in [2.24, 2.45) is 5.92 Å². The summed E-state index contributed by atoms with van der Waals surface area (Å²) in [5, 5.41) is 0. The fourth-order valence-electron chi connectivity index (χ4n) is 3.54. The second-order valence-corrected chi connectivity index (χ2v) is 6.09. The second-order valence-electron chi connectivity index (χ2n) is 6.09. The Morgan fingerprint density at radius 2 is 2.15 bits per heavy atom. The van der Waals surface area contributed by atoms with E-state index in [0.29, 0.717) is 18.1 Å². The molecule has 5 nitrogen and oxygen atoms in total. The first-order valence-corrected chi connectivity index (χ1v) is 7.38. The fourth-order valence-corrected chi connectivity index (χ4v) is 3.54. The number of likely N-dealkylation sites (tertiary alicyclic amines) is 2. The smallest absolute Gasteiger partial charge is 0.289 e. The molecule has 0 unspecified atom stereocenters. The topological polar surface area (TPSA) is 53.8 Å². The number of fused-ring (bicyclic) bond motifs is 1. The van der Waals surface area contributed by atoms with Gasteiger partial charge in [-0.2, -0.15) is 0 Å². The molecule has 4 rings (SSSR count). The van der Waals surface area contributed by atoms with Gasteiger partial charge in [-0.25, -0.2) is 0 Å². The molecular weight excluding hydrogens is 256 g/mol. The normalized spacial score (nSPS) is 29.1. The third kappa shape index (κ3) is 1.84. The molecule has 0 radical (unpaired) electrons. The first-order chi connectivity index (χ1) is 9.74. The Morgan fingerprint density at radius 1 is 1.30 bits per heavy atom. The molecule has 3 aliphatic rings. The molecule has 2 atom stereocenters. The van der Waals surface area contributed by atoms with Gasteiger partial charge in [0, 0.05) is 19.5 Å².